The molecule has 0 radical (unpaired) electrons. The first kappa shape index (κ1) is 16.5. The molecule has 1 aliphatic carbocycles. The van der Waals surface area contributed by atoms with Gasteiger partial charge >= 0.3 is 0 Å². The molecule has 4 nitrogen and oxygen atoms in total. The van der Waals surface area contributed by atoms with Crippen LogP contribution in [0.3, 0.4) is 0 Å². The molecule has 1 atom stereocenters. The lowest BCUT2D eigenvalue weighted by Gasteiger charge is -2.27. The van der Waals surface area contributed by atoms with Crippen LogP contribution in [0, 0.1) is 0 Å². The molecular weight excluding hydrogens is 312 g/mol. The Kier molecular flexibility index (Phi) is 4.69. The van der Waals surface area contributed by atoms with Gasteiger partial charge < -0.3 is 14.6 Å². The molecule has 2 aliphatic rings. The minimum absolute atomic E-state index is 0.0736. The summed E-state index contributed by atoms with van der Waals surface area (Å²) in [6, 6.07) is 8.43. The van der Waals surface area contributed by atoms with E-state index in [0.717, 1.165) is 48.2 Å². The fraction of sp³-hybridized carbons (Fsp3) is 0.571. The molecule has 4 heteroatoms. The van der Waals surface area contributed by atoms with Crippen LogP contribution in [0.15, 0.2) is 24.3 Å². The van der Waals surface area contributed by atoms with E-state index in [2.05, 4.69) is 22.9 Å². The summed E-state index contributed by atoms with van der Waals surface area (Å²) in [5, 5.41) is 4.41. The van der Waals surface area contributed by atoms with Crippen LogP contribution < -0.4 is 10.1 Å². The number of benzene rings is 1. The highest BCUT2D eigenvalue weighted by molar-refractivity contribution is 6.00. The van der Waals surface area contributed by atoms with E-state index < -0.39 is 0 Å². The molecule has 1 aromatic carbocycles. The summed E-state index contributed by atoms with van der Waals surface area (Å²) >= 11 is 0. The summed E-state index contributed by atoms with van der Waals surface area (Å²) in [7, 11) is 0. The highest BCUT2D eigenvalue weighted by Crippen LogP contribution is 2.34. The van der Waals surface area contributed by atoms with E-state index in [1.54, 1.807) is 0 Å². The first-order chi connectivity index (χ1) is 12.3. The van der Waals surface area contributed by atoms with Gasteiger partial charge in [-0.2, -0.15) is 0 Å². The van der Waals surface area contributed by atoms with Crippen LogP contribution in [0.5, 0.6) is 5.75 Å². The van der Waals surface area contributed by atoms with E-state index in [1.807, 2.05) is 18.2 Å². The average Bonchev–Trinajstić information content (AvgIpc) is 2.97. The number of para-hydroxylation sites is 1. The normalized spacial score (nSPS) is 21.4. The molecule has 1 unspecified atom stereocenters. The smallest absolute Gasteiger partial charge is 0.268 e. The Bertz CT molecular complexity index is 757. The van der Waals surface area contributed by atoms with Crippen molar-refractivity contribution in [2.45, 2.75) is 77.0 Å². The van der Waals surface area contributed by atoms with Gasteiger partial charge in [0.25, 0.3) is 5.91 Å². The molecule has 1 saturated carbocycles. The molecule has 0 saturated heterocycles. The van der Waals surface area contributed by atoms with E-state index in [4.69, 9.17) is 4.74 Å². The zero-order chi connectivity index (χ0) is 17.2. The quantitative estimate of drug-likeness (QED) is 0.883. The van der Waals surface area contributed by atoms with Crippen molar-refractivity contribution in [2.75, 3.05) is 0 Å². The Labute approximate surface area is 149 Å². The third kappa shape index (κ3) is 3.26. The Morgan fingerprint density at radius 1 is 1.20 bits per heavy atom. The van der Waals surface area contributed by atoms with Crippen molar-refractivity contribution >= 4 is 16.8 Å². The number of rotatable bonds is 3. The van der Waals surface area contributed by atoms with Crippen LogP contribution in [0.2, 0.25) is 0 Å². The molecule has 1 aliphatic heterocycles. The van der Waals surface area contributed by atoms with Crippen LogP contribution in [-0.4, -0.2) is 22.6 Å². The van der Waals surface area contributed by atoms with Crippen molar-refractivity contribution in [2.24, 2.45) is 0 Å². The molecule has 2 aromatic rings. The zero-order valence-corrected chi connectivity index (χ0v) is 15.1. The van der Waals surface area contributed by atoms with E-state index >= 15 is 0 Å². The minimum atomic E-state index is 0.0736. The second-order valence-electron chi connectivity index (χ2n) is 7.50. The van der Waals surface area contributed by atoms with Crippen LogP contribution in [-0.2, 0) is 6.54 Å². The number of nitrogens with one attached hydrogen (secondary N) is 1. The van der Waals surface area contributed by atoms with Crippen LogP contribution in [0.4, 0.5) is 0 Å². The molecule has 1 fully saturated rings. The number of hydrogen-bond acceptors (Lipinski definition) is 2. The lowest BCUT2D eigenvalue weighted by Crippen LogP contribution is -2.37. The molecule has 1 aromatic heterocycles. The second kappa shape index (κ2) is 7.11. The third-order valence-corrected chi connectivity index (χ3v) is 5.69. The lowest BCUT2D eigenvalue weighted by atomic mass is 9.96. The highest BCUT2D eigenvalue weighted by atomic mass is 16.5. The number of carbonyl (C=O) groups is 1. The maximum Gasteiger partial charge on any atom is 0.268 e. The van der Waals surface area contributed by atoms with Gasteiger partial charge in [0, 0.05) is 11.4 Å². The number of amides is 1. The minimum Gasteiger partial charge on any atom is -0.486 e. The van der Waals surface area contributed by atoms with Crippen molar-refractivity contribution in [1.82, 2.24) is 9.88 Å². The molecule has 4 rings (SSSR count). The number of hydrogen-bond donors (Lipinski definition) is 1. The molecule has 25 heavy (non-hydrogen) atoms. The maximum atomic E-state index is 13.0. The SMILES string of the molecule is CCC1Cn2c(C(=O)NC3CCCCCCC3)cc3cccc(c32)O1. The van der Waals surface area contributed by atoms with Crippen LogP contribution in [0.1, 0.15) is 68.8 Å². The fourth-order valence-corrected chi connectivity index (χ4v) is 4.26. The Hall–Kier alpha value is -1.97. The van der Waals surface area contributed by atoms with Gasteiger partial charge in [-0.15, -0.1) is 0 Å². The third-order valence-electron chi connectivity index (χ3n) is 5.69. The first-order valence-electron chi connectivity index (χ1n) is 9.86. The van der Waals surface area contributed by atoms with E-state index in [1.165, 1.54) is 32.1 Å². The summed E-state index contributed by atoms with van der Waals surface area (Å²) < 4.78 is 8.24. The summed E-state index contributed by atoms with van der Waals surface area (Å²) in [6.07, 6.45) is 9.69. The van der Waals surface area contributed by atoms with Gasteiger partial charge in [0.15, 0.2) is 0 Å². The molecule has 1 amide bonds. The monoisotopic (exact) mass is 340 g/mol. The van der Waals surface area contributed by atoms with Crippen LogP contribution >= 0.6 is 0 Å². The van der Waals surface area contributed by atoms with Gasteiger partial charge in [-0.3, -0.25) is 4.79 Å². The van der Waals surface area contributed by atoms with Gasteiger partial charge in [-0.25, -0.2) is 0 Å². The summed E-state index contributed by atoms with van der Waals surface area (Å²) in [5.41, 5.74) is 1.85. The maximum absolute atomic E-state index is 13.0. The number of ether oxygens (including phenoxy) is 1. The van der Waals surface area contributed by atoms with Gasteiger partial charge in [-0.05, 0) is 31.4 Å². The summed E-state index contributed by atoms with van der Waals surface area (Å²) in [5.74, 6) is 0.977. The van der Waals surface area contributed by atoms with Gasteiger partial charge in [0.05, 0.1) is 12.1 Å². The molecule has 1 N–H and O–H groups in total. The van der Waals surface area contributed by atoms with Crippen molar-refractivity contribution in [3.63, 3.8) is 0 Å². The lowest BCUT2D eigenvalue weighted by molar-refractivity contribution is 0.0914. The topological polar surface area (TPSA) is 43.3 Å². The van der Waals surface area contributed by atoms with Gasteiger partial charge in [0.2, 0.25) is 0 Å². The van der Waals surface area contributed by atoms with Crippen molar-refractivity contribution < 1.29 is 9.53 Å². The molecule has 134 valence electrons. The molecular formula is C21H28N2O2. The zero-order valence-electron chi connectivity index (χ0n) is 15.1. The summed E-state index contributed by atoms with van der Waals surface area (Å²) in [4.78, 5) is 13.0. The standard InChI is InChI=1S/C21H28N2O2/c1-2-17-14-23-18(13-15-9-8-12-19(25-17)20(15)23)21(24)22-16-10-6-4-3-5-7-11-16/h8-9,12-13,16-17H,2-7,10-11,14H2,1H3,(H,22,24). The van der Waals surface area contributed by atoms with Gasteiger partial charge in [-0.1, -0.05) is 51.2 Å². The fourth-order valence-electron chi connectivity index (χ4n) is 4.26. The predicted octanol–water partition coefficient (Wildman–Crippen LogP) is 4.66. The van der Waals surface area contributed by atoms with E-state index in [0.29, 0.717) is 6.04 Å². The number of aromatic nitrogens is 1. The number of nitrogens with zero attached hydrogens (tertiary/aromatic N) is 1. The molecule has 0 bridgehead atoms. The van der Waals surface area contributed by atoms with E-state index in [-0.39, 0.29) is 12.0 Å². The summed E-state index contributed by atoms with van der Waals surface area (Å²) in [6.45, 7) is 2.89. The first-order valence-corrected chi connectivity index (χ1v) is 9.86. The highest BCUT2D eigenvalue weighted by Gasteiger charge is 2.26. The Morgan fingerprint density at radius 2 is 1.96 bits per heavy atom. The van der Waals surface area contributed by atoms with Crippen molar-refractivity contribution in [3.05, 3.63) is 30.0 Å². The average molecular weight is 340 g/mol. The Balaban J connectivity index is 1.61. The molecule has 2 heterocycles. The molecule has 0 spiro atoms. The van der Waals surface area contributed by atoms with Crippen LogP contribution in [0.25, 0.3) is 10.9 Å². The Morgan fingerprint density at radius 3 is 2.72 bits per heavy atom. The van der Waals surface area contributed by atoms with Gasteiger partial charge in [0.1, 0.15) is 17.5 Å². The largest absolute Gasteiger partial charge is 0.486 e. The second-order valence-corrected chi connectivity index (χ2v) is 7.50. The van der Waals surface area contributed by atoms with E-state index in [9.17, 15) is 4.79 Å². The predicted molar refractivity (Wildman–Crippen MR) is 100 cm³/mol. The number of carbonyl (C=O) groups excluding carboxylic acids is 1. The van der Waals surface area contributed by atoms with Crippen molar-refractivity contribution in [3.8, 4) is 5.75 Å². The van der Waals surface area contributed by atoms with Crippen molar-refractivity contribution in [1.29, 1.82) is 0 Å².